The quantitative estimate of drug-likeness (QED) is 0.414. The zero-order valence-corrected chi connectivity index (χ0v) is 19.8. The van der Waals surface area contributed by atoms with Gasteiger partial charge in [0.2, 0.25) is 0 Å². The van der Waals surface area contributed by atoms with Crippen LogP contribution in [0.15, 0.2) is 0 Å². The Hall–Kier alpha value is 0.860. The lowest BCUT2D eigenvalue weighted by Gasteiger charge is -2.33. The smallest absolute Gasteiger partial charge is 0.0183 e. The van der Waals surface area contributed by atoms with E-state index in [0.717, 1.165) is 34.7 Å². The molecular weight excluding hydrogens is 326 g/mol. The van der Waals surface area contributed by atoms with Crippen molar-refractivity contribution in [3.8, 4) is 0 Å². The van der Waals surface area contributed by atoms with Gasteiger partial charge in [-0.15, -0.1) is 7.92 Å². The molecule has 2 saturated heterocycles. The maximum absolute atomic E-state index is 2.49. The molecule has 0 nitrogen and oxygen atoms in total. The molecule has 0 aromatic heterocycles. The second kappa shape index (κ2) is 11.5. The maximum Gasteiger partial charge on any atom is -0.0183 e. The van der Waals surface area contributed by atoms with E-state index >= 15 is 0 Å². The first-order chi connectivity index (χ1) is 11.3. The Labute approximate surface area is 156 Å². The summed E-state index contributed by atoms with van der Waals surface area (Å²) in [5, 5.41) is 0. The lowest BCUT2D eigenvalue weighted by molar-refractivity contribution is 0.543. The Morgan fingerprint density at radius 3 is 1.58 bits per heavy atom. The van der Waals surface area contributed by atoms with Gasteiger partial charge in [-0.2, -0.15) is 0 Å². The van der Waals surface area contributed by atoms with Crippen molar-refractivity contribution in [2.24, 2.45) is 17.8 Å². The SMILES string of the molecule is CC(C)[C@@H]1CCCP1CCP1[C@H](C(C)C)CC[C@H]1C(C)C.CCC. The third-order valence-corrected chi connectivity index (χ3v) is 14.0. The predicted octanol–water partition coefficient (Wildman–Crippen LogP) is 8.03. The van der Waals surface area contributed by atoms with Crippen molar-refractivity contribution in [3.05, 3.63) is 0 Å². The van der Waals surface area contributed by atoms with E-state index in [1.807, 2.05) is 0 Å². The molecule has 1 unspecified atom stereocenters. The van der Waals surface area contributed by atoms with Crippen LogP contribution in [0.4, 0.5) is 0 Å². The van der Waals surface area contributed by atoms with Crippen molar-refractivity contribution in [1.82, 2.24) is 0 Å². The largest absolute Gasteiger partial charge is 0.103 e. The third kappa shape index (κ3) is 6.54. The lowest BCUT2D eigenvalue weighted by Crippen LogP contribution is -2.18. The molecule has 0 amide bonds. The van der Waals surface area contributed by atoms with E-state index in [4.69, 9.17) is 0 Å². The van der Waals surface area contributed by atoms with Crippen molar-refractivity contribution >= 4 is 15.8 Å². The van der Waals surface area contributed by atoms with Crippen LogP contribution in [0.1, 0.15) is 87.5 Å². The molecule has 0 aromatic carbocycles. The van der Waals surface area contributed by atoms with E-state index in [1.54, 1.807) is 24.9 Å². The van der Waals surface area contributed by atoms with Gasteiger partial charge in [0.25, 0.3) is 0 Å². The van der Waals surface area contributed by atoms with Crippen molar-refractivity contribution in [2.75, 3.05) is 18.5 Å². The molecule has 0 aliphatic carbocycles. The number of hydrogen-bond donors (Lipinski definition) is 0. The third-order valence-electron chi connectivity index (χ3n) is 5.98. The maximum atomic E-state index is 2.49. The number of rotatable bonds is 6. The molecular formula is C22H46P2. The van der Waals surface area contributed by atoms with E-state index < -0.39 is 0 Å². The normalized spacial score (nSPS) is 31.1. The van der Waals surface area contributed by atoms with Gasteiger partial charge in [-0.25, -0.2) is 0 Å². The number of hydrogen-bond acceptors (Lipinski definition) is 0. The summed E-state index contributed by atoms with van der Waals surface area (Å²) in [6.07, 6.45) is 12.2. The Balaban J connectivity index is 0.000000891. The minimum Gasteiger partial charge on any atom is -0.103 e. The first kappa shape index (κ1) is 22.9. The Morgan fingerprint density at radius 2 is 1.17 bits per heavy atom. The second-order valence-corrected chi connectivity index (χ2v) is 14.7. The molecule has 2 rings (SSSR count). The first-order valence-corrected chi connectivity index (χ1v) is 14.3. The fourth-order valence-electron chi connectivity index (χ4n) is 4.81. The average molecular weight is 373 g/mol. The zero-order chi connectivity index (χ0) is 18.3. The highest BCUT2D eigenvalue weighted by Gasteiger charge is 2.39. The summed E-state index contributed by atoms with van der Waals surface area (Å²) in [6, 6.07) is 0. The highest BCUT2D eigenvalue weighted by Crippen LogP contribution is 2.63. The van der Waals surface area contributed by atoms with Gasteiger partial charge in [0.05, 0.1) is 0 Å². The average Bonchev–Trinajstić information content (AvgIpc) is 3.12. The van der Waals surface area contributed by atoms with Crippen molar-refractivity contribution in [1.29, 1.82) is 0 Å². The molecule has 0 N–H and O–H groups in total. The van der Waals surface area contributed by atoms with Crippen molar-refractivity contribution < 1.29 is 0 Å². The van der Waals surface area contributed by atoms with Crippen molar-refractivity contribution in [3.63, 3.8) is 0 Å². The van der Waals surface area contributed by atoms with E-state index in [0.29, 0.717) is 15.8 Å². The molecule has 2 aliphatic heterocycles. The van der Waals surface area contributed by atoms with Gasteiger partial charge in [-0.3, -0.25) is 0 Å². The van der Waals surface area contributed by atoms with Gasteiger partial charge in [0.1, 0.15) is 0 Å². The van der Waals surface area contributed by atoms with Crippen LogP contribution in [0.5, 0.6) is 0 Å². The van der Waals surface area contributed by atoms with Gasteiger partial charge < -0.3 is 0 Å². The predicted molar refractivity (Wildman–Crippen MR) is 119 cm³/mol. The molecule has 0 aromatic rings. The zero-order valence-electron chi connectivity index (χ0n) is 18.0. The monoisotopic (exact) mass is 372 g/mol. The molecule has 0 saturated carbocycles. The van der Waals surface area contributed by atoms with Gasteiger partial charge in [-0.05, 0) is 78.9 Å². The summed E-state index contributed by atoms with van der Waals surface area (Å²) in [5.74, 6) is 2.80. The fourth-order valence-corrected chi connectivity index (χ4v) is 13.3. The molecule has 0 bridgehead atoms. The molecule has 2 fully saturated rings. The first-order valence-electron chi connectivity index (χ1n) is 10.8. The summed E-state index contributed by atoms with van der Waals surface area (Å²) in [4.78, 5) is 0. The molecule has 0 spiro atoms. The van der Waals surface area contributed by atoms with Crippen LogP contribution in [0, 0.1) is 17.8 Å². The lowest BCUT2D eigenvalue weighted by atomic mass is 10.0. The van der Waals surface area contributed by atoms with E-state index in [2.05, 4.69) is 55.4 Å². The molecule has 2 aliphatic rings. The van der Waals surface area contributed by atoms with Crippen molar-refractivity contribution in [2.45, 2.75) is 104 Å². The van der Waals surface area contributed by atoms with Gasteiger partial charge in [0, 0.05) is 0 Å². The minimum absolute atomic E-state index is 0.311. The molecule has 0 radical (unpaired) electrons. The highest BCUT2D eigenvalue weighted by atomic mass is 31.1. The van der Waals surface area contributed by atoms with Crippen LogP contribution in [0.2, 0.25) is 0 Å². The Bertz CT molecular complexity index is 308. The van der Waals surface area contributed by atoms with Crippen LogP contribution in [0.3, 0.4) is 0 Å². The van der Waals surface area contributed by atoms with E-state index in [-0.39, 0.29) is 0 Å². The minimum atomic E-state index is 0.311. The van der Waals surface area contributed by atoms with Crippen LogP contribution in [0.25, 0.3) is 0 Å². The van der Waals surface area contributed by atoms with Crippen LogP contribution in [-0.4, -0.2) is 35.5 Å². The standard InChI is InChI=1S/C19H38P2.C3H8/c1-14(2)17-8-7-11-20(17)12-13-21-18(15(3)4)9-10-19(21)16(5)6;1-3-2/h14-19H,7-13H2,1-6H3;3H2,1-2H3/t17-,18-,19-,20?;/m0./s1. The summed E-state index contributed by atoms with van der Waals surface area (Å²) >= 11 is 0. The summed E-state index contributed by atoms with van der Waals surface area (Å²) in [7, 11) is 0.686. The van der Waals surface area contributed by atoms with Gasteiger partial charge in [0.15, 0.2) is 0 Å². The molecule has 2 heteroatoms. The van der Waals surface area contributed by atoms with Gasteiger partial charge in [-0.1, -0.05) is 69.7 Å². The highest BCUT2D eigenvalue weighted by molar-refractivity contribution is 7.63. The van der Waals surface area contributed by atoms with Gasteiger partial charge >= 0.3 is 0 Å². The summed E-state index contributed by atoms with van der Waals surface area (Å²) in [6.45, 7) is 19.1. The van der Waals surface area contributed by atoms with E-state index in [9.17, 15) is 0 Å². The van der Waals surface area contributed by atoms with Crippen LogP contribution in [-0.2, 0) is 0 Å². The fraction of sp³-hybridized carbons (Fsp3) is 1.00. The topological polar surface area (TPSA) is 0 Å². The van der Waals surface area contributed by atoms with Crippen LogP contribution >= 0.6 is 15.8 Å². The summed E-state index contributed by atoms with van der Waals surface area (Å²) < 4.78 is 0. The summed E-state index contributed by atoms with van der Waals surface area (Å²) in [5.41, 5.74) is 3.28. The van der Waals surface area contributed by atoms with Crippen LogP contribution < -0.4 is 0 Å². The molecule has 24 heavy (non-hydrogen) atoms. The van der Waals surface area contributed by atoms with E-state index in [1.165, 1.54) is 25.7 Å². The molecule has 4 atom stereocenters. The molecule has 144 valence electrons. The Morgan fingerprint density at radius 1 is 0.708 bits per heavy atom. The molecule has 2 heterocycles. The second-order valence-electron chi connectivity index (χ2n) is 9.13. The Kier molecular flexibility index (Phi) is 11.0.